The third-order valence-electron chi connectivity index (χ3n) is 3.29. The lowest BCUT2D eigenvalue weighted by Gasteiger charge is -2.39. The van der Waals surface area contributed by atoms with Gasteiger partial charge in [-0.15, -0.1) is 11.8 Å². The maximum Gasteiger partial charge on any atom is 0.319 e. The topological polar surface area (TPSA) is 37.3 Å². The molecule has 1 saturated carbocycles. The Morgan fingerprint density at radius 2 is 2.13 bits per heavy atom. The minimum atomic E-state index is -2.53. The van der Waals surface area contributed by atoms with Gasteiger partial charge in [-0.3, -0.25) is 4.79 Å². The summed E-state index contributed by atoms with van der Waals surface area (Å²) in [5.41, 5.74) is 0. The minimum Gasteiger partial charge on any atom is -0.480 e. The van der Waals surface area contributed by atoms with Gasteiger partial charge in [0, 0.05) is 12.8 Å². The van der Waals surface area contributed by atoms with Crippen LogP contribution in [-0.2, 0) is 4.79 Å². The Hall–Kier alpha value is -0.320. The third-order valence-corrected chi connectivity index (χ3v) is 4.88. The van der Waals surface area contributed by atoms with E-state index in [0.717, 1.165) is 12.2 Å². The van der Waals surface area contributed by atoms with Gasteiger partial charge in [-0.1, -0.05) is 0 Å². The molecule has 0 aromatic rings. The fourth-order valence-electron chi connectivity index (χ4n) is 2.51. The molecular formula is C10H14F2O2S. The van der Waals surface area contributed by atoms with Crippen molar-refractivity contribution < 1.29 is 18.7 Å². The van der Waals surface area contributed by atoms with Crippen molar-refractivity contribution in [3.63, 3.8) is 0 Å². The molecule has 1 saturated heterocycles. The molecule has 1 unspecified atom stereocenters. The van der Waals surface area contributed by atoms with Gasteiger partial charge in [0.1, 0.15) is 4.75 Å². The number of rotatable bonds is 3. The predicted octanol–water partition coefficient (Wildman–Crippen LogP) is 2.77. The number of thioether (sulfide) groups is 1. The number of halogens is 2. The summed E-state index contributed by atoms with van der Waals surface area (Å²) in [5.74, 6) is -2.61. The molecule has 86 valence electrons. The first-order chi connectivity index (χ1) is 6.94. The van der Waals surface area contributed by atoms with Crippen molar-refractivity contribution in [3.05, 3.63) is 0 Å². The van der Waals surface area contributed by atoms with E-state index >= 15 is 0 Å². The van der Waals surface area contributed by atoms with Crippen LogP contribution in [0.3, 0.4) is 0 Å². The molecule has 0 aromatic heterocycles. The number of carboxylic acid groups (broad SMARTS) is 1. The normalized spacial score (nSPS) is 35.1. The average Bonchev–Trinajstić information content (AvgIpc) is 2.50. The van der Waals surface area contributed by atoms with Gasteiger partial charge in [0.05, 0.1) is 0 Å². The molecule has 2 rings (SSSR count). The van der Waals surface area contributed by atoms with Crippen LogP contribution in [0.1, 0.15) is 32.1 Å². The molecule has 0 bridgehead atoms. The molecule has 1 aliphatic carbocycles. The summed E-state index contributed by atoms with van der Waals surface area (Å²) in [4.78, 5) is 11.2. The van der Waals surface area contributed by atoms with Gasteiger partial charge in [-0.05, 0) is 30.9 Å². The van der Waals surface area contributed by atoms with Crippen LogP contribution < -0.4 is 0 Å². The first-order valence-electron chi connectivity index (χ1n) is 5.19. The highest BCUT2D eigenvalue weighted by molar-refractivity contribution is 8.01. The van der Waals surface area contributed by atoms with E-state index in [0.29, 0.717) is 12.8 Å². The van der Waals surface area contributed by atoms with Crippen LogP contribution in [-0.4, -0.2) is 27.5 Å². The van der Waals surface area contributed by atoms with Crippen LogP contribution in [0, 0.1) is 5.92 Å². The van der Waals surface area contributed by atoms with Crippen LogP contribution >= 0.6 is 11.8 Å². The summed E-state index contributed by atoms with van der Waals surface area (Å²) in [6, 6.07) is 0. The molecule has 2 fully saturated rings. The van der Waals surface area contributed by atoms with Crippen LogP contribution in [0.4, 0.5) is 8.78 Å². The Morgan fingerprint density at radius 1 is 1.47 bits per heavy atom. The van der Waals surface area contributed by atoms with Crippen molar-refractivity contribution >= 4 is 17.7 Å². The highest BCUT2D eigenvalue weighted by atomic mass is 32.2. The number of aliphatic carboxylic acids is 1. The Balaban J connectivity index is 1.94. The zero-order chi connectivity index (χ0) is 11.1. The van der Waals surface area contributed by atoms with Crippen molar-refractivity contribution in [3.8, 4) is 0 Å². The van der Waals surface area contributed by atoms with E-state index in [9.17, 15) is 13.6 Å². The Morgan fingerprint density at radius 3 is 2.53 bits per heavy atom. The molecule has 2 aliphatic rings. The molecule has 5 heteroatoms. The number of hydrogen-bond acceptors (Lipinski definition) is 2. The lowest BCUT2D eigenvalue weighted by molar-refractivity contribution is -0.144. The summed E-state index contributed by atoms with van der Waals surface area (Å²) < 4.78 is 24.5. The predicted molar refractivity (Wildman–Crippen MR) is 54.3 cm³/mol. The summed E-state index contributed by atoms with van der Waals surface area (Å²) in [6.07, 6.45) is 1.70. The minimum absolute atomic E-state index is 0.0956. The van der Waals surface area contributed by atoms with Crippen molar-refractivity contribution in [2.75, 3.05) is 5.75 Å². The van der Waals surface area contributed by atoms with Gasteiger partial charge in [0.2, 0.25) is 5.92 Å². The SMILES string of the molecule is O=C(O)C1(CC2CC(F)(F)C2)CCCS1. The van der Waals surface area contributed by atoms with Gasteiger partial charge < -0.3 is 5.11 Å². The van der Waals surface area contributed by atoms with E-state index < -0.39 is 16.6 Å². The lowest BCUT2D eigenvalue weighted by atomic mass is 9.75. The van der Waals surface area contributed by atoms with Gasteiger partial charge in [-0.25, -0.2) is 8.78 Å². The first-order valence-corrected chi connectivity index (χ1v) is 6.17. The fraction of sp³-hybridized carbons (Fsp3) is 0.900. The van der Waals surface area contributed by atoms with Gasteiger partial charge in [0.25, 0.3) is 0 Å². The second-order valence-electron chi connectivity index (χ2n) is 4.59. The second-order valence-corrected chi connectivity index (χ2v) is 6.06. The zero-order valence-corrected chi connectivity index (χ0v) is 9.16. The van der Waals surface area contributed by atoms with E-state index in [4.69, 9.17) is 5.11 Å². The molecular weight excluding hydrogens is 222 g/mol. The van der Waals surface area contributed by atoms with E-state index in [1.807, 2.05) is 0 Å². The zero-order valence-electron chi connectivity index (χ0n) is 8.34. The number of carboxylic acids is 1. The highest BCUT2D eigenvalue weighted by Gasteiger charge is 2.51. The van der Waals surface area contributed by atoms with Crippen molar-refractivity contribution in [2.24, 2.45) is 5.92 Å². The Kier molecular flexibility index (Phi) is 2.69. The average molecular weight is 236 g/mol. The Labute approximate surface area is 91.4 Å². The summed E-state index contributed by atoms with van der Waals surface area (Å²) >= 11 is 1.43. The summed E-state index contributed by atoms with van der Waals surface area (Å²) in [5, 5.41) is 9.15. The van der Waals surface area contributed by atoms with Crippen LogP contribution in [0.15, 0.2) is 0 Å². The van der Waals surface area contributed by atoms with E-state index in [1.165, 1.54) is 11.8 Å². The summed E-state index contributed by atoms with van der Waals surface area (Å²) in [6.45, 7) is 0. The third kappa shape index (κ3) is 2.12. The smallest absolute Gasteiger partial charge is 0.319 e. The van der Waals surface area contributed by atoms with Crippen molar-refractivity contribution in [1.82, 2.24) is 0 Å². The van der Waals surface area contributed by atoms with Crippen LogP contribution in [0.2, 0.25) is 0 Å². The standard InChI is InChI=1S/C10H14F2O2S/c11-10(12)5-7(6-10)4-9(8(13)14)2-1-3-15-9/h7H,1-6H2,(H,13,14). The number of hydrogen-bond donors (Lipinski definition) is 1. The molecule has 1 atom stereocenters. The van der Waals surface area contributed by atoms with E-state index in [-0.39, 0.29) is 18.8 Å². The molecule has 1 heterocycles. The van der Waals surface area contributed by atoms with Crippen molar-refractivity contribution in [1.29, 1.82) is 0 Å². The molecule has 0 amide bonds. The molecule has 0 aromatic carbocycles. The number of carbonyl (C=O) groups is 1. The van der Waals surface area contributed by atoms with E-state index in [2.05, 4.69) is 0 Å². The van der Waals surface area contributed by atoms with E-state index in [1.54, 1.807) is 0 Å². The lowest BCUT2D eigenvalue weighted by Crippen LogP contribution is -2.42. The molecule has 0 radical (unpaired) electrons. The maximum atomic E-state index is 12.6. The van der Waals surface area contributed by atoms with Gasteiger partial charge in [0.15, 0.2) is 0 Å². The molecule has 1 N–H and O–H groups in total. The van der Waals surface area contributed by atoms with Crippen LogP contribution in [0.25, 0.3) is 0 Å². The number of alkyl halides is 2. The largest absolute Gasteiger partial charge is 0.480 e. The van der Waals surface area contributed by atoms with Gasteiger partial charge in [-0.2, -0.15) is 0 Å². The fourth-order valence-corrected chi connectivity index (χ4v) is 3.96. The molecule has 2 nitrogen and oxygen atoms in total. The molecule has 1 aliphatic heterocycles. The monoisotopic (exact) mass is 236 g/mol. The maximum absolute atomic E-state index is 12.6. The van der Waals surface area contributed by atoms with Crippen molar-refractivity contribution in [2.45, 2.75) is 42.8 Å². The Bertz CT molecular complexity index is 267. The quantitative estimate of drug-likeness (QED) is 0.818. The molecule has 15 heavy (non-hydrogen) atoms. The first kappa shape index (κ1) is 11.2. The summed E-state index contributed by atoms with van der Waals surface area (Å²) in [7, 11) is 0. The second kappa shape index (κ2) is 3.61. The highest BCUT2D eigenvalue weighted by Crippen LogP contribution is 2.51. The van der Waals surface area contributed by atoms with Crippen LogP contribution in [0.5, 0.6) is 0 Å². The van der Waals surface area contributed by atoms with Gasteiger partial charge >= 0.3 is 5.97 Å². The molecule has 0 spiro atoms.